The van der Waals surface area contributed by atoms with Crippen molar-refractivity contribution in [3.05, 3.63) is 94.7 Å². The van der Waals surface area contributed by atoms with E-state index >= 15 is 4.39 Å². The Bertz CT molecular complexity index is 1500. The van der Waals surface area contributed by atoms with E-state index < -0.39 is 12.3 Å². The number of hydrogen-bond donors (Lipinski definition) is 2. The molecule has 1 aliphatic carbocycles. The lowest BCUT2D eigenvalue weighted by atomic mass is 10.0. The van der Waals surface area contributed by atoms with Gasteiger partial charge in [-0.25, -0.2) is 9.37 Å². The summed E-state index contributed by atoms with van der Waals surface area (Å²) in [5.41, 5.74) is 3.82. The molecule has 2 amide bonds. The molecule has 10 heteroatoms. The number of pyridine rings is 1. The van der Waals surface area contributed by atoms with Crippen molar-refractivity contribution < 1.29 is 18.7 Å². The number of amides is 2. The van der Waals surface area contributed by atoms with Crippen molar-refractivity contribution in [2.75, 3.05) is 46.8 Å². The molecule has 5 rings (SSSR count). The molecule has 3 aliphatic rings. The molecule has 1 aromatic heterocycles. The summed E-state index contributed by atoms with van der Waals surface area (Å²) in [4.78, 5) is 36.3. The number of carbonyl (C=O) groups excluding carboxylic acids is 2. The molecule has 3 atom stereocenters. The van der Waals surface area contributed by atoms with Gasteiger partial charge < -0.3 is 20.3 Å². The molecule has 3 heterocycles. The average molecular weight is 617 g/mol. The minimum Gasteiger partial charge on any atom is -0.483 e. The molecule has 2 unspecified atom stereocenters. The fourth-order valence-electron chi connectivity index (χ4n) is 6.01. The third-order valence-electron chi connectivity index (χ3n) is 8.77. The maximum Gasteiger partial charge on any atom is 0.271 e. The standard InChI is InChI=1S/C35H45FN6O3/c1-7-12-42-14-13-41(20-24(42)4)21-31(26-10-11-29(25-8-9-25)30(36)17-26)45-28-16-22(2)32(37-19-28)34(43)39-33-23(3)15-27(18-38-33)35(44)40(5)6/h7,10-11,15-19,24-25,31,33,38H,1,8-9,12-14,20-21H2,2-6H3,(H,39,43)/t24-,31?,33?/m1/s1. The van der Waals surface area contributed by atoms with Crippen molar-refractivity contribution in [3.63, 3.8) is 0 Å². The third-order valence-corrected chi connectivity index (χ3v) is 8.77. The van der Waals surface area contributed by atoms with Crippen molar-refractivity contribution in [2.24, 2.45) is 0 Å². The Morgan fingerprint density at radius 1 is 1.24 bits per heavy atom. The van der Waals surface area contributed by atoms with Gasteiger partial charge in [-0.05, 0) is 80.0 Å². The Morgan fingerprint density at radius 3 is 2.64 bits per heavy atom. The van der Waals surface area contributed by atoms with Gasteiger partial charge in [0.15, 0.2) is 0 Å². The van der Waals surface area contributed by atoms with E-state index in [1.165, 1.54) is 4.90 Å². The normalized spacial score (nSPS) is 21.2. The van der Waals surface area contributed by atoms with E-state index in [4.69, 9.17) is 4.74 Å². The van der Waals surface area contributed by atoms with Gasteiger partial charge in [0.05, 0.1) is 11.8 Å². The molecule has 2 aliphatic heterocycles. The lowest BCUT2D eigenvalue weighted by Crippen LogP contribution is -2.52. The number of rotatable bonds is 11. The van der Waals surface area contributed by atoms with E-state index in [1.807, 2.05) is 32.1 Å². The monoisotopic (exact) mass is 616 g/mol. The Labute approximate surface area is 265 Å². The van der Waals surface area contributed by atoms with Gasteiger partial charge in [0.25, 0.3) is 11.8 Å². The second-order valence-corrected chi connectivity index (χ2v) is 12.7. The number of aryl methyl sites for hydroxylation is 1. The molecule has 2 fully saturated rings. The summed E-state index contributed by atoms with van der Waals surface area (Å²) in [5.74, 6) is 0.192. The lowest BCUT2D eigenvalue weighted by molar-refractivity contribution is -0.124. The SMILES string of the molecule is C=CCN1CCN(CC(Oc2cnc(C(=O)NC3NC=C(C(=O)N(C)C)C=C3C)c(C)c2)c2ccc(C3CC3)c(F)c2)C[C@H]1C. The number of piperazine rings is 1. The van der Waals surface area contributed by atoms with E-state index in [0.29, 0.717) is 35.4 Å². The topological polar surface area (TPSA) is 90.0 Å². The van der Waals surface area contributed by atoms with Crippen molar-refractivity contribution in [2.45, 2.75) is 57.8 Å². The van der Waals surface area contributed by atoms with Crippen LogP contribution in [0.25, 0.3) is 0 Å². The number of ether oxygens (including phenoxy) is 1. The van der Waals surface area contributed by atoms with E-state index in [1.54, 1.807) is 44.7 Å². The van der Waals surface area contributed by atoms with Gasteiger partial charge in [0, 0.05) is 59.1 Å². The number of benzene rings is 1. The zero-order valence-electron chi connectivity index (χ0n) is 27.0. The first-order valence-electron chi connectivity index (χ1n) is 15.7. The van der Waals surface area contributed by atoms with Crippen molar-refractivity contribution in [3.8, 4) is 5.75 Å². The van der Waals surface area contributed by atoms with Crippen LogP contribution in [0.1, 0.15) is 65.9 Å². The molecular formula is C35H45FN6O3. The lowest BCUT2D eigenvalue weighted by Gasteiger charge is -2.40. The van der Waals surface area contributed by atoms with Crippen LogP contribution < -0.4 is 15.4 Å². The summed E-state index contributed by atoms with van der Waals surface area (Å²) in [5, 5.41) is 6.04. The van der Waals surface area contributed by atoms with Crippen LogP contribution in [0.15, 0.2) is 66.5 Å². The highest BCUT2D eigenvalue weighted by Crippen LogP contribution is 2.42. The van der Waals surface area contributed by atoms with Gasteiger partial charge in [-0.1, -0.05) is 18.2 Å². The number of halogens is 1. The number of carbonyl (C=O) groups is 2. The average Bonchev–Trinajstić information content (AvgIpc) is 3.84. The summed E-state index contributed by atoms with van der Waals surface area (Å²) >= 11 is 0. The summed E-state index contributed by atoms with van der Waals surface area (Å²) in [6.07, 6.45) is 8.05. The molecule has 1 saturated carbocycles. The molecule has 2 aromatic rings. The molecular weight excluding hydrogens is 571 g/mol. The zero-order chi connectivity index (χ0) is 32.2. The van der Waals surface area contributed by atoms with Crippen molar-refractivity contribution >= 4 is 11.8 Å². The number of dihydropyridines is 1. The second kappa shape index (κ2) is 14.0. The highest BCUT2D eigenvalue weighted by molar-refractivity contribution is 5.97. The molecule has 45 heavy (non-hydrogen) atoms. The van der Waals surface area contributed by atoms with Crippen LogP contribution in [0.3, 0.4) is 0 Å². The van der Waals surface area contributed by atoms with Gasteiger partial charge in [0.2, 0.25) is 0 Å². The van der Waals surface area contributed by atoms with E-state index in [2.05, 4.69) is 38.9 Å². The maximum absolute atomic E-state index is 15.2. The molecule has 2 N–H and O–H groups in total. The van der Waals surface area contributed by atoms with Crippen LogP contribution in [0, 0.1) is 12.7 Å². The smallest absolute Gasteiger partial charge is 0.271 e. The summed E-state index contributed by atoms with van der Waals surface area (Å²) in [6.45, 7) is 13.9. The molecule has 1 saturated heterocycles. The van der Waals surface area contributed by atoms with Crippen LogP contribution in [0.4, 0.5) is 4.39 Å². The van der Waals surface area contributed by atoms with Crippen LogP contribution >= 0.6 is 0 Å². The molecule has 0 bridgehead atoms. The minimum absolute atomic E-state index is 0.121. The third kappa shape index (κ3) is 7.80. The molecule has 240 valence electrons. The Morgan fingerprint density at radius 2 is 2.02 bits per heavy atom. The maximum atomic E-state index is 15.2. The number of likely N-dealkylation sites (N-methyl/N-ethyl adjacent to an activating group) is 1. The quantitative estimate of drug-likeness (QED) is 0.364. The largest absolute Gasteiger partial charge is 0.483 e. The number of nitrogens with one attached hydrogen (secondary N) is 2. The minimum atomic E-state index is -0.472. The van der Waals surface area contributed by atoms with Crippen LogP contribution in [0.2, 0.25) is 0 Å². The predicted octanol–water partition coefficient (Wildman–Crippen LogP) is 4.30. The Hall–Kier alpha value is -4.02. The molecule has 1 aromatic carbocycles. The van der Waals surface area contributed by atoms with E-state index in [-0.39, 0.29) is 23.3 Å². The van der Waals surface area contributed by atoms with Crippen LogP contribution in [-0.4, -0.2) is 90.5 Å². The molecule has 0 radical (unpaired) electrons. The Balaban J connectivity index is 1.29. The highest BCUT2D eigenvalue weighted by Gasteiger charge is 2.30. The van der Waals surface area contributed by atoms with E-state index in [9.17, 15) is 9.59 Å². The second-order valence-electron chi connectivity index (χ2n) is 12.7. The molecule has 0 spiro atoms. The fraction of sp³-hybridized carbons (Fsp3) is 0.457. The number of nitrogens with zero attached hydrogens (tertiary/aromatic N) is 4. The summed E-state index contributed by atoms with van der Waals surface area (Å²) in [7, 11) is 3.39. The summed E-state index contributed by atoms with van der Waals surface area (Å²) in [6, 6.07) is 7.68. The fourth-order valence-corrected chi connectivity index (χ4v) is 6.01. The van der Waals surface area contributed by atoms with Gasteiger partial charge in [0.1, 0.15) is 29.5 Å². The Kier molecular flexibility index (Phi) is 10.0. The van der Waals surface area contributed by atoms with E-state index in [0.717, 1.165) is 55.7 Å². The van der Waals surface area contributed by atoms with Crippen LogP contribution in [-0.2, 0) is 4.79 Å². The zero-order valence-corrected chi connectivity index (χ0v) is 27.0. The van der Waals surface area contributed by atoms with Gasteiger partial charge >= 0.3 is 0 Å². The first-order valence-corrected chi connectivity index (χ1v) is 15.7. The summed E-state index contributed by atoms with van der Waals surface area (Å²) < 4.78 is 21.7. The van der Waals surface area contributed by atoms with Gasteiger partial charge in [-0.2, -0.15) is 0 Å². The van der Waals surface area contributed by atoms with Crippen molar-refractivity contribution in [1.29, 1.82) is 0 Å². The first kappa shape index (κ1) is 32.4. The van der Waals surface area contributed by atoms with Gasteiger partial charge in [-0.3, -0.25) is 19.4 Å². The van der Waals surface area contributed by atoms with Crippen molar-refractivity contribution in [1.82, 2.24) is 30.3 Å². The first-order chi connectivity index (χ1) is 21.5. The van der Waals surface area contributed by atoms with Crippen LogP contribution in [0.5, 0.6) is 5.75 Å². The predicted molar refractivity (Wildman–Crippen MR) is 173 cm³/mol. The van der Waals surface area contributed by atoms with Gasteiger partial charge in [-0.15, -0.1) is 6.58 Å². The number of hydrogen-bond acceptors (Lipinski definition) is 7. The highest BCUT2D eigenvalue weighted by atomic mass is 19.1. The number of aromatic nitrogens is 1. The molecule has 9 nitrogen and oxygen atoms in total.